The van der Waals surface area contributed by atoms with E-state index >= 15 is 0 Å². The van der Waals surface area contributed by atoms with E-state index in [1.807, 2.05) is 5.41 Å². The number of hydrogen-bond donors (Lipinski definition) is 1. The number of rotatable bonds is 1. The van der Waals surface area contributed by atoms with Crippen molar-refractivity contribution in [3.63, 3.8) is 0 Å². The van der Waals surface area contributed by atoms with Crippen LogP contribution in [0.5, 0.6) is 0 Å². The van der Waals surface area contributed by atoms with E-state index in [0.29, 0.717) is 0 Å². The second-order valence-corrected chi connectivity index (χ2v) is 17.7. The summed E-state index contributed by atoms with van der Waals surface area (Å²) in [5, 5.41) is 8.06. The van der Waals surface area contributed by atoms with Crippen LogP contribution in [0, 0.1) is 0 Å². The average molecular weight is 697 g/mol. The molecule has 134 valence electrons. The van der Waals surface area contributed by atoms with Crippen LogP contribution in [0.1, 0.15) is 12.0 Å². The van der Waals surface area contributed by atoms with Crippen molar-refractivity contribution < 1.29 is 0 Å². The van der Waals surface area contributed by atoms with Crippen LogP contribution >= 0.6 is 110 Å². The van der Waals surface area contributed by atoms with Gasteiger partial charge in [0.2, 0.25) is 0 Å². The van der Waals surface area contributed by atoms with Crippen LogP contribution in [0.25, 0.3) is 33.2 Å². The van der Waals surface area contributed by atoms with E-state index in [1.165, 1.54) is 0 Å². The van der Waals surface area contributed by atoms with E-state index in [0.717, 1.165) is 67.4 Å². The van der Waals surface area contributed by atoms with E-state index in [1.54, 1.807) is 0 Å². The van der Waals surface area contributed by atoms with Crippen molar-refractivity contribution in [1.82, 2.24) is 0 Å². The number of allylic oxidation sites excluding steroid dienone is 1. The molecule has 0 N–H and O–H groups in total. The molecule has 0 unspecified atom stereocenters. The molecule has 0 amide bonds. The first-order valence-corrected chi connectivity index (χ1v) is 16.1. The fourth-order valence-electron chi connectivity index (χ4n) is 3.53. The molecule has 0 atom stereocenters. The Kier molecular flexibility index (Phi) is 5.69. The van der Waals surface area contributed by atoms with Crippen molar-refractivity contribution in [1.29, 1.82) is 0 Å². The van der Waals surface area contributed by atoms with Gasteiger partial charge in [0, 0.05) is 33.9 Å². The van der Waals surface area contributed by atoms with Gasteiger partial charge < -0.3 is 0 Å². The van der Waals surface area contributed by atoms with Gasteiger partial charge in [0.15, 0.2) is 0 Å². The molecule has 9 heteroatoms. The molecule has 26 heavy (non-hydrogen) atoms. The molecule has 0 fully saturated rings. The van der Waals surface area contributed by atoms with Gasteiger partial charge in [-0.1, -0.05) is 34.1 Å². The maximum Gasteiger partial charge on any atom is 0.374 e. The van der Waals surface area contributed by atoms with Gasteiger partial charge >= 0.3 is 6.00 Å². The predicted octanol–water partition coefficient (Wildman–Crippen LogP) is 8.08. The van der Waals surface area contributed by atoms with Crippen LogP contribution in [0.3, 0.4) is 0 Å². The Bertz CT molecular complexity index is 1200. The summed E-state index contributed by atoms with van der Waals surface area (Å²) in [6.07, 6.45) is 2.95. The van der Waals surface area contributed by atoms with Gasteiger partial charge in [0.05, 0.1) is 0 Å². The van der Waals surface area contributed by atoms with Crippen LogP contribution in [0.15, 0.2) is 35.4 Å². The smallest absolute Gasteiger partial charge is 0.151 e. The molecule has 0 saturated heterocycles. The maximum absolute atomic E-state index is 6.57. The van der Waals surface area contributed by atoms with Crippen LogP contribution in [0.4, 0.5) is 0 Å². The highest BCUT2D eigenvalue weighted by atomic mass is 79.9. The molecule has 1 aliphatic carbocycles. The van der Waals surface area contributed by atoms with Gasteiger partial charge in [0.25, 0.3) is 0 Å². The summed E-state index contributed by atoms with van der Waals surface area (Å²) in [6, 6.07) is 1.04. The SMILES string of the molecule is SC=C1CC=c2ccc3c(Br)c(Br)c(Br)c4c(Br)c([Si](Cl)(Cl)Cl)c1c2c34. The lowest BCUT2D eigenvalue weighted by Crippen LogP contribution is -2.36. The Morgan fingerprint density at radius 3 is 2.19 bits per heavy atom. The van der Waals surface area contributed by atoms with Crippen LogP contribution in [-0.4, -0.2) is 6.00 Å². The average Bonchev–Trinajstić information content (AvgIpc) is 2.58. The first-order valence-electron chi connectivity index (χ1n) is 7.33. The minimum absolute atomic E-state index is 0.754. The molecule has 1 aliphatic rings. The molecule has 0 aliphatic heterocycles. The summed E-state index contributed by atoms with van der Waals surface area (Å²) in [7, 11) is 0. The van der Waals surface area contributed by atoms with Gasteiger partial charge in [0.1, 0.15) is 0 Å². The summed E-state index contributed by atoms with van der Waals surface area (Å²) >= 11 is 39.0. The summed E-state index contributed by atoms with van der Waals surface area (Å²) < 4.78 is 3.65. The highest BCUT2D eigenvalue weighted by molar-refractivity contribution is 9.14. The Labute approximate surface area is 204 Å². The highest BCUT2D eigenvalue weighted by Crippen LogP contribution is 2.48. The second-order valence-electron chi connectivity index (χ2n) is 5.89. The van der Waals surface area contributed by atoms with Crippen LogP contribution < -0.4 is 10.4 Å². The molecule has 0 spiro atoms. The molecule has 0 saturated carbocycles. The third-order valence-electron chi connectivity index (χ3n) is 4.57. The van der Waals surface area contributed by atoms with Gasteiger partial charge in [-0.15, -0.1) is 33.2 Å². The number of halogens is 7. The zero-order valence-corrected chi connectivity index (χ0v) is 23.1. The molecule has 0 heterocycles. The Balaban J connectivity index is 2.47. The molecule has 3 aromatic rings. The van der Waals surface area contributed by atoms with E-state index < -0.39 is 6.00 Å². The van der Waals surface area contributed by atoms with Gasteiger partial charge in [-0.2, -0.15) is 12.6 Å². The van der Waals surface area contributed by atoms with Gasteiger partial charge in [-0.05, 0) is 86.7 Å². The molecular weight excluding hydrogens is 690 g/mol. The topological polar surface area (TPSA) is 0 Å². The largest absolute Gasteiger partial charge is 0.374 e. The Hall–Kier alpha value is 1.28. The number of hydrogen-bond acceptors (Lipinski definition) is 1. The number of benzene rings is 3. The third-order valence-corrected chi connectivity index (χ3v) is 12.3. The zero-order chi connectivity index (χ0) is 19.0. The van der Waals surface area contributed by atoms with E-state index in [9.17, 15) is 0 Å². The fourth-order valence-corrected chi connectivity index (χ4v) is 11.0. The summed E-state index contributed by atoms with van der Waals surface area (Å²) in [5.41, 5.74) is 2.05. The van der Waals surface area contributed by atoms with Crippen molar-refractivity contribution in [3.8, 4) is 0 Å². The predicted molar refractivity (Wildman–Crippen MR) is 136 cm³/mol. The highest BCUT2D eigenvalue weighted by Gasteiger charge is 2.38. The summed E-state index contributed by atoms with van der Waals surface area (Å²) in [5.74, 6) is 0. The lowest BCUT2D eigenvalue weighted by molar-refractivity contribution is 1.44. The lowest BCUT2D eigenvalue weighted by Gasteiger charge is -2.26. The minimum atomic E-state index is -3.21. The first-order chi connectivity index (χ1) is 12.2. The summed E-state index contributed by atoms with van der Waals surface area (Å²) in [4.78, 5) is 0. The second kappa shape index (κ2) is 7.20. The minimum Gasteiger partial charge on any atom is -0.151 e. The van der Waals surface area contributed by atoms with E-state index in [-0.39, 0.29) is 0 Å². The Morgan fingerprint density at radius 1 is 0.885 bits per heavy atom. The first kappa shape index (κ1) is 20.5. The lowest BCUT2D eigenvalue weighted by atomic mass is 9.87. The van der Waals surface area contributed by atoms with Crippen LogP contribution in [-0.2, 0) is 0 Å². The molecule has 0 aromatic heterocycles. The molecule has 0 radical (unpaired) electrons. The van der Waals surface area contributed by atoms with Crippen molar-refractivity contribution in [2.24, 2.45) is 0 Å². The van der Waals surface area contributed by atoms with Gasteiger partial charge in [-0.3, -0.25) is 0 Å². The number of thiol groups is 1. The van der Waals surface area contributed by atoms with Crippen molar-refractivity contribution in [3.05, 3.63) is 46.2 Å². The van der Waals surface area contributed by atoms with Gasteiger partial charge in [-0.25, -0.2) is 0 Å². The molecule has 3 aromatic carbocycles. The molecule has 0 bridgehead atoms. The molecule has 0 nitrogen and oxygen atoms in total. The summed E-state index contributed by atoms with van der Waals surface area (Å²) in [6.45, 7) is 0. The standard InChI is InChI=1S/C17H7Br4Cl3SSi/c18-13-8-4-3-6-1-2-7(5-25)10-9(6)11(8)12(14(19)16(13)21)15(20)17(10)26(22,23)24/h1,3-5,25H,2H2. The Morgan fingerprint density at radius 2 is 1.58 bits per heavy atom. The normalized spacial score (nSPS) is 15.9. The quantitative estimate of drug-likeness (QED) is 0.113. The van der Waals surface area contributed by atoms with Crippen LogP contribution in [0.2, 0.25) is 0 Å². The van der Waals surface area contributed by atoms with Crippen molar-refractivity contribution >= 4 is 154 Å². The van der Waals surface area contributed by atoms with Crippen molar-refractivity contribution in [2.75, 3.05) is 0 Å². The van der Waals surface area contributed by atoms with Crippen molar-refractivity contribution in [2.45, 2.75) is 6.42 Å². The third kappa shape index (κ3) is 2.93. The van der Waals surface area contributed by atoms with E-state index in [4.69, 9.17) is 33.2 Å². The fraction of sp³-hybridized carbons (Fsp3) is 0.0588. The van der Waals surface area contributed by atoms with E-state index in [2.05, 4.69) is 94.6 Å². The maximum atomic E-state index is 6.57. The zero-order valence-electron chi connectivity index (χ0n) is 12.6. The monoisotopic (exact) mass is 692 g/mol. The molecular formula is C17H7Br4Cl3SSi. The molecule has 4 rings (SSSR count).